The van der Waals surface area contributed by atoms with Gasteiger partial charge in [-0.25, -0.2) is 4.98 Å². The molecule has 17 heavy (non-hydrogen) atoms. The molecule has 0 unspecified atom stereocenters. The molecule has 5 heteroatoms. The summed E-state index contributed by atoms with van der Waals surface area (Å²) in [5, 5.41) is 4.07. The third kappa shape index (κ3) is 1.44. The summed E-state index contributed by atoms with van der Waals surface area (Å²) in [5.41, 5.74) is 3.71. The molecule has 0 aliphatic heterocycles. The fourth-order valence-electron chi connectivity index (χ4n) is 1.90. The molecule has 2 aromatic heterocycles. The van der Waals surface area contributed by atoms with Crippen LogP contribution >= 0.6 is 0 Å². The van der Waals surface area contributed by atoms with Crippen molar-refractivity contribution in [1.82, 2.24) is 14.8 Å². The molecule has 0 spiro atoms. The van der Waals surface area contributed by atoms with E-state index in [4.69, 9.17) is 4.42 Å². The number of hydrogen-bond acceptors (Lipinski definition) is 4. The molecule has 0 bridgehead atoms. The van der Waals surface area contributed by atoms with Gasteiger partial charge in [-0.1, -0.05) is 6.07 Å². The monoisotopic (exact) mass is 227 g/mol. The zero-order chi connectivity index (χ0) is 11.8. The van der Waals surface area contributed by atoms with Crippen molar-refractivity contribution in [3.05, 3.63) is 36.4 Å². The molecule has 84 valence electrons. The Bertz CT molecular complexity index is 697. The topological polar surface area (TPSA) is 60.9 Å². The van der Waals surface area contributed by atoms with E-state index in [1.165, 1.54) is 6.39 Å². The predicted octanol–water partition coefficient (Wildman–Crippen LogP) is 2.04. The van der Waals surface area contributed by atoms with Gasteiger partial charge in [-0.15, -0.1) is 0 Å². The van der Waals surface area contributed by atoms with Crippen LogP contribution in [-0.4, -0.2) is 21.1 Å². The number of fused-ring (bicyclic) bond motifs is 1. The van der Waals surface area contributed by atoms with E-state index in [0.717, 1.165) is 23.1 Å². The average Bonchev–Trinajstić information content (AvgIpc) is 2.93. The molecule has 0 fully saturated rings. The molecular weight excluding hydrogens is 218 g/mol. The van der Waals surface area contributed by atoms with Crippen LogP contribution in [0.2, 0.25) is 0 Å². The van der Waals surface area contributed by atoms with E-state index >= 15 is 0 Å². The van der Waals surface area contributed by atoms with E-state index in [1.54, 1.807) is 17.9 Å². The van der Waals surface area contributed by atoms with Gasteiger partial charge in [0.1, 0.15) is 5.52 Å². The summed E-state index contributed by atoms with van der Waals surface area (Å²) < 4.78 is 6.91. The van der Waals surface area contributed by atoms with Gasteiger partial charge in [0, 0.05) is 12.6 Å². The first kappa shape index (κ1) is 9.77. The highest BCUT2D eigenvalue weighted by Gasteiger charge is 2.11. The van der Waals surface area contributed by atoms with Crippen molar-refractivity contribution in [3.8, 4) is 11.3 Å². The first-order valence-corrected chi connectivity index (χ1v) is 5.10. The summed E-state index contributed by atoms with van der Waals surface area (Å²) in [7, 11) is 1.80. The van der Waals surface area contributed by atoms with E-state index < -0.39 is 0 Å². The largest absolute Gasteiger partial charge is 0.443 e. The Balaban J connectivity index is 2.25. The molecule has 2 heterocycles. The second kappa shape index (κ2) is 3.55. The number of benzene rings is 1. The minimum atomic E-state index is 0.561. The van der Waals surface area contributed by atoms with Gasteiger partial charge in [-0.2, -0.15) is 5.10 Å². The predicted molar refractivity (Wildman–Crippen MR) is 61.6 cm³/mol. The number of aryl methyl sites for hydroxylation is 1. The van der Waals surface area contributed by atoms with E-state index in [1.807, 2.05) is 18.2 Å². The summed E-state index contributed by atoms with van der Waals surface area (Å²) >= 11 is 0. The lowest BCUT2D eigenvalue weighted by Crippen LogP contribution is -1.95. The second-order valence-electron chi connectivity index (χ2n) is 3.72. The van der Waals surface area contributed by atoms with Crippen molar-refractivity contribution >= 4 is 17.4 Å². The van der Waals surface area contributed by atoms with Gasteiger partial charge in [0.2, 0.25) is 0 Å². The fraction of sp³-hybridized carbons (Fsp3) is 0.0833. The number of aromatic nitrogens is 3. The van der Waals surface area contributed by atoms with Crippen LogP contribution in [0.5, 0.6) is 0 Å². The molecular formula is C12H9N3O2. The molecule has 0 N–H and O–H groups in total. The van der Waals surface area contributed by atoms with Gasteiger partial charge in [0.15, 0.2) is 18.3 Å². The number of rotatable bonds is 2. The van der Waals surface area contributed by atoms with Gasteiger partial charge in [0.25, 0.3) is 0 Å². The Morgan fingerprint density at radius 1 is 1.41 bits per heavy atom. The smallest absolute Gasteiger partial charge is 0.181 e. The maximum atomic E-state index is 10.9. The van der Waals surface area contributed by atoms with E-state index in [9.17, 15) is 4.79 Å². The zero-order valence-corrected chi connectivity index (χ0v) is 9.12. The molecule has 0 saturated carbocycles. The van der Waals surface area contributed by atoms with E-state index in [0.29, 0.717) is 11.1 Å². The Morgan fingerprint density at radius 3 is 3.12 bits per heavy atom. The molecule has 0 aliphatic carbocycles. The van der Waals surface area contributed by atoms with Crippen LogP contribution in [0.25, 0.3) is 22.4 Å². The highest BCUT2D eigenvalue weighted by molar-refractivity contribution is 5.88. The first-order valence-electron chi connectivity index (χ1n) is 5.10. The third-order valence-corrected chi connectivity index (χ3v) is 2.70. The van der Waals surface area contributed by atoms with Crippen LogP contribution in [0, 0.1) is 0 Å². The maximum Gasteiger partial charge on any atom is 0.181 e. The molecule has 3 aromatic rings. The Labute approximate surface area is 96.7 Å². The lowest BCUT2D eigenvalue weighted by molar-refractivity contribution is 0.112. The Kier molecular flexibility index (Phi) is 2.04. The quantitative estimate of drug-likeness (QED) is 0.628. The van der Waals surface area contributed by atoms with Gasteiger partial charge in [0.05, 0.1) is 17.5 Å². The normalized spacial score (nSPS) is 10.9. The molecule has 3 rings (SSSR count). The SMILES string of the molecule is Cn1ncc(C=O)c1-c1ccc2ncoc2c1. The minimum absolute atomic E-state index is 0.561. The standard InChI is InChI=1S/C12H9N3O2/c1-15-12(9(6-16)5-14-15)8-2-3-10-11(4-8)17-7-13-10/h2-7H,1H3. The third-order valence-electron chi connectivity index (χ3n) is 2.70. The summed E-state index contributed by atoms with van der Waals surface area (Å²) in [4.78, 5) is 15.0. The van der Waals surface area contributed by atoms with Crippen molar-refractivity contribution in [2.45, 2.75) is 0 Å². The molecule has 0 aliphatic rings. The first-order chi connectivity index (χ1) is 8.29. The number of carbonyl (C=O) groups is 1. The number of carbonyl (C=O) groups excluding carboxylic acids is 1. The lowest BCUT2D eigenvalue weighted by Gasteiger charge is -2.02. The van der Waals surface area contributed by atoms with Gasteiger partial charge in [-0.3, -0.25) is 9.48 Å². The Hall–Kier alpha value is -2.43. The van der Waals surface area contributed by atoms with E-state index in [-0.39, 0.29) is 0 Å². The van der Waals surface area contributed by atoms with Crippen molar-refractivity contribution in [1.29, 1.82) is 0 Å². The van der Waals surface area contributed by atoms with Crippen molar-refractivity contribution < 1.29 is 9.21 Å². The highest BCUT2D eigenvalue weighted by Crippen LogP contribution is 2.25. The Morgan fingerprint density at radius 2 is 2.29 bits per heavy atom. The van der Waals surface area contributed by atoms with Gasteiger partial charge >= 0.3 is 0 Å². The number of oxazole rings is 1. The summed E-state index contributed by atoms with van der Waals surface area (Å²) in [6.07, 6.45) is 3.75. The van der Waals surface area contributed by atoms with Crippen LogP contribution in [0.15, 0.2) is 35.2 Å². The average molecular weight is 227 g/mol. The lowest BCUT2D eigenvalue weighted by atomic mass is 10.1. The summed E-state index contributed by atoms with van der Waals surface area (Å²) in [6, 6.07) is 5.61. The van der Waals surface area contributed by atoms with Crippen molar-refractivity contribution in [2.75, 3.05) is 0 Å². The van der Waals surface area contributed by atoms with Crippen LogP contribution in [0.1, 0.15) is 10.4 Å². The van der Waals surface area contributed by atoms with Crippen molar-refractivity contribution in [3.63, 3.8) is 0 Å². The van der Waals surface area contributed by atoms with Crippen LogP contribution in [0.3, 0.4) is 0 Å². The van der Waals surface area contributed by atoms with Crippen LogP contribution in [-0.2, 0) is 7.05 Å². The van der Waals surface area contributed by atoms with Crippen LogP contribution < -0.4 is 0 Å². The van der Waals surface area contributed by atoms with Gasteiger partial charge < -0.3 is 4.42 Å². The molecule has 1 aromatic carbocycles. The maximum absolute atomic E-state index is 10.9. The molecule has 0 saturated heterocycles. The molecule has 5 nitrogen and oxygen atoms in total. The molecule has 0 atom stereocenters. The fourth-order valence-corrected chi connectivity index (χ4v) is 1.90. The second-order valence-corrected chi connectivity index (χ2v) is 3.72. The minimum Gasteiger partial charge on any atom is -0.443 e. The molecule has 0 amide bonds. The number of hydrogen-bond donors (Lipinski definition) is 0. The number of nitrogens with zero attached hydrogens (tertiary/aromatic N) is 3. The van der Waals surface area contributed by atoms with E-state index in [2.05, 4.69) is 10.1 Å². The summed E-state index contributed by atoms with van der Waals surface area (Å²) in [5.74, 6) is 0. The number of aldehydes is 1. The highest BCUT2D eigenvalue weighted by atomic mass is 16.3. The molecule has 0 radical (unpaired) electrons. The summed E-state index contributed by atoms with van der Waals surface area (Å²) in [6.45, 7) is 0. The van der Waals surface area contributed by atoms with Gasteiger partial charge in [-0.05, 0) is 12.1 Å². The zero-order valence-electron chi connectivity index (χ0n) is 9.12. The van der Waals surface area contributed by atoms with Crippen molar-refractivity contribution in [2.24, 2.45) is 7.05 Å². The van der Waals surface area contributed by atoms with Crippen LogP contribution in [0.4, 0.5) is 0 Å².